The Kier molecular flexibility index (Phi) is 6.68. The molecule has 0 spiro atoms. The predicted molar refractivity (Wildman–Crippen MR) is 148 cm³/mol. The molecule has 0 aromatic heterocycles. The second-order valence-electron chi connectivity index (χ2n) is 9.62. The maximum Gasteiger partial charge on any atom is 0.308 e. The van der Waals surface area contributed by atoms with Gasteiger partial charge in [0.05, 0.1) is 17.0 Å². The fourth-order valence-electron chi connectivity index (χ4n) is 4.99. The topological polar surface area (TPSA) is 120 Å². The van der Waals surface area contributed by atoms with E-state index in [9.17, 15) is 22.8 Å². The van der Waals surface area contributed by atoms with Gasteiger partial charge in [0.2, 0.25) is 22.7 Å². The van der Waals surface area contributed by atoms with Gasteiger partial charge in [0.15, 0.2) is 11.5 Å². The second kappa shape index (κ2) is 10.3. The van der Waals surface area contributed by atoms with Crippen molar-refractivity contribution in [1.82, 2.24) is 4.31 Å². The van der Waals surface area contributed by atoms with Crippen molar-refractivity contribution in [3.05, 3.63) is 90.5 Å². The summed E-state index contributed by atoms with van der Waals surface area (Å²) in [6, 6.07) is 21.7. The number of rotatable bonds is 7. The molecule has 4 aromatic rings. The highest BCUT2D eigenvalue weighted by atomic mass is 32.2. The van der Waals surface area contributed by atoms with Crippen LogP contribution in [0.15, 0.2) is 89.8 Å². The van der Waals surface area contributed by atoms with E-state index < -0.39 is 33.8 Å². The van der Waals surface area contributed by atoms with Gasteiger partial charge in [0, 0.05) is 13.5 Å². The molecule has 0 saturated carbocycles. The largest absolute Gasteiger partial charge is 0.454 e. The van der Waals surface area contributed by atoms with Gasteiger partial charge in [-0.3, -0.25) is 14.4 Å². The van der Waals surface area contributed by atoms with Gasteiger partial charge in [-0.05, 0) is 64.9 Å². The second-order valence-corrected chi connectivity index (χ2v) is 11.5. The van der Waals surface area contributed by atoms with E-state index in [1.54, 1.807) is 30.3 Å². The van der Waals surface area contributed by atoms with Crippen molar-refractivity contribution in [2.24, 2.45) is 0 Å². The number of nitrogens with zero attached hydrogens (tertiary/aromatic N) is 2. The Balaban J connectivity index is 1.38. The summed E-state index contributed by atoms with van der Waals surface area (Å²) in [5.74, 6) is -0.489. The zero-order chi connectivity index (χ0) is 28.7. The third-order valence-corrected chi connectivity index (χ3v) is 8.78. The molecule has 2 amide bonds. The Morgan fingerprint density at radius 3 is 2.41 bits per heavy atom. The van der Waals surface area contributed by atoms with E-state index in [1.165, 1.54) is 37.3 Å². The fourth-order valence-corrected chi connectivity index (χ4v) is 6.59. The number of imide groups is 1. The van der Waals surface area contributed by atoms with Crippen LogP contribution in [0.1, 0.15) is 18.9 Å². The lowest BCUT2D eigenvalue weighted by Crippen LogP contribution is -2.45. The highest BCUT2D eigenvalue weighted by molar-refractivity contribution is 7.89. The van der Waals surface area contributed by atoms with Gasteiger partial charge in [-0.25, -0.2) is 13.3 Å². The summed E-state index contributed by atoms with van der Waals surface area (Å²) in [5, 5.41) is 1.59. The van der Waals surface area contributed by atoms with E-state index >= 15 is 0 Å². The van der Waals surface area contributed by atoms with Gasteiger partial charge < -0.3 is 14.2 Å². The molecule has 6 rings (SSSR count). The number of ether oxygens (including phenoxy) is 3. The van der Waals surface area contributed by atoms with Crippen LogP contribution in [0.3, 0.4) is 0 Å². The molecule has 2 heterocycles. The summed E-state index contributed by atoms with van der Waals surface area (Å²) in [4.78, 5) is 39.1. The molecular weight excluding hydrogens is 548 g/mol. The first kappa shape index (κ1) is 26.5. The third kappa shape index (κ3) is 5.01. The van der Waals surface area contributed by atoms with Gasteiger partial charge in [0.25, 0.3) is 5.91 Å². The molecule has 10 nitrogen and oxygen atoms in total. The van der Waals surface area contributed by atoms with Crippen LogP contribution in [0.5, 0.6) is 17.2 Å². The molecule has 2 aliphatic heterocycles. The molecule has 11 heteroatoms. The van der Waals surface area contributed by atoms with E-state index in [2.05, 4.69) is 0 Å². The third-order valence-electron chi connectivity index (χ3n) is 6.93. The van der Waals surface area contributed by atoms with Crippen LogP contribution in [0.25, 0.3) is 10.8 Å². The molecule has 0 aliphatic carbocycles. The minimum atomic E-state index is -4.27. The monoisotopic (exact) mass is 572 g/mol. The highest BCUT2D eigenvalue weighted by Crippen LogP contribution is 2.36. The van der Waals surface area contributed by atoms with Crippen LogP contribution < -0.4 is 19.1 Å². The van der Waals surface area contributed by atoms with Crippen molar-refractivity contribution in [3.63, 3.8) is 0 Å². The Labute approximate surface area is 235 Å². The first-order valence-corrected chi connectivity index (χ1v) is 14.2. The number of benzene rings is 4. The van der Waals surface area contributed by atoms with E-state index in [1.807, 2.05) is 24.3 Å². The van der Waals surface area contributed by atoms with Crippen LogP contribution in [0, 0.1) is 0 Å². The number of hydrogen-bond acceptors (Lipinski definition) is 8. The number of carbonyl (C=O) groups is 3. The number of esters is 1. The lowest BCUT2D eigenvalue weighted by atomic mass is 10.1. The summed E-state index contributed by atoms with van der Waals surface area (Å²) in [5.41, 5.74) is 0.799. The number of carbonyl (C=O) groups excluding carboxylic acids is 3. The Morgan fingerprint density at radius 2 is 1.66 bits per heavy atom. The molecule has 208 valence electrons. The zero-order valence-corrected chi connectivity index (χ0v) is 22.7. The first-order valence-electron chi connectivity index (χ1n) is 12.8. The minimum absolute atomic E-state index is 0.00127. The molecule has 1 fully saturated rings. The molecule has 1 unspecified atom stereocenters. The van der Waals surface area contributed by atoms with Crippen LogP contribution in [0.2, 0.25) is 0 Å². The number of amides is 2. The zero-order valence-electron chi connectivity index (χ0n) is 21.9. The summed E-state index contributed by atoms with van der Waals surface area (Å²) in [6.45, 7) is 1.13. The average molecular weight is 573 g/mol. The van der Waals surface area contributed by atoms with Crippen LogP contribution in [0.4, 0.5) is 5.69 Å². The number of anilines is 1. The summed E-state index contributed by atoms with van der Waals surface area (Å²) >= 11 is 0. The van der Waals surface area contributed by atoms with Crippen molar-refractivity contribution in [2.75, 3.05) is 11.7 Å². The molecule has 0 radical (unpaired) electrons. The number of fused-ring (bicyclic) bond motifs is 2. The molecule has 4 aromatic carbocycles. The molecule has 0 N–H and O–H groups in total. The van der Waals surface area contributed by atoms with Gasteiger partial charge in [-0.1, -0.05) is 36.4 Å². The molecular formula is C30H24N2O8S. The van der Waals surface area contributed by atoms with Crippen molar-refractivity contribution < 1.29 is 37.0 Å². The van der Waals surface area contributed by atoms with E-state index in [0.29, 0.717) is 17.1 Å². The molecule has 41 heavy (non-hydrogen) atoms. The summed E-state index contributed by atoms with van der Waals surface area (Å²) in [7, 11) is -4.27. The van der Waals surface area contributed by atoms with Gasteiger partial charge in [0.1, 0.15) is 11.8 Å². The quantitative estimate of drug-likeness (QED) is 0.185. The van der Waals surface area contributed by atoms with Crippen LogP contribution >= 0.6 is 0 Å². The van der Waals surface area contributed by atoms with Crippen LogP contribution in [-0.2, 0) is 31.0 Å². The summed E-state index contributed by atoms with van der Waals surface area (Å²) < 4.78 is 45.3. The number of hydrogen-bond donors (Lipinski definition) is 0. The molecule has 2 aliphatic rings. The number of sulfonamides is 1. The van der Waals surface area contributed by atoms with E-state index in [4.69, 9.17) is 14.2 Å². The predicted octanol–water partition coefficient (Wildman–Crippen LogP) is 4.02. The average Bonchev–Trinajstić information content (AvgIpc) is 3.54. The lowest BCUT2D eigenvalue weighted by Gasteiger charge is -2.27. The molecule has 0 bridgehead atoms. The fraction of sp³-hybridized carbons (Fsp3) is 0.167. The molecule has 1 atom stereocenters. The lowest BCUT2D eigenvalue weighted by molar-refractivity contribution is -0.132. The highest BCUT2D eigenvalue weighted by Gasteiger charge is 2.47. The normalized spacial score (nSPS) is 16.5. The van der Waals surface area contributed by atoms with Crippen molar-refractivity contribution >= 4 is 44.3 Å². The van der Waals surface area contributed by atoms with Gasteiger partial charge in [-0.2, -0.15) is 4.31 Å². The van der Waals surface area contributed by atoms with Crippen molar-refractivity contribution in [3.8, 4) is 17.2 Å². The van der Waals surface area contributed by atoms with Crippen molar-refractivity contribution in [2.45, 2.75) is 30.8 Å². The molecule has 1 saturated heterocycles. The van der Waals surface area contributed by atoms with Gasteiger partial charge in [-0.15, -0.1) is 0 Å². The van der Waals surface area contributed by atoms with Crippen molar-refractivity contribution in [1.29, 1.82) is 0 Å². The Hall–Kier alpha value is -4.74. The Bertz CT molecular complexity index is 1800. The van der Waals surface area contributed by atoms with Gasteiger partial charge >= 0.3 is 5.97 Å². The maximum atomic E-state index is 14.2. The van der Waals surface area contributed by atoms with Crippen LogP contribution in [-0.4, -0.2) is 43.3 Å². The summed E-state index contributed by atoms with van der Waals surface area (Å²) in [6.07, 6.45) is -0.345. The Morgan fingerprint density at radius 1 is 0.927 bits per heavy atom. The SMILES string of the molecule is CC(=O)Oc1ccc(N2C(=O)CC(N(Cc3ccc4c(c3)OCO4)S(=O)(=O)c3ccc4ccccc4c3)C2=O)cc1. The minimum Gasteiger partial charge on any atom is -0.454 e. The van der Waals surface area contributed by atoms with E-state index in [0.717, 1.165) is 20.0 Å². The first-order chi connectivity index (χ1) is 19.7. The standard InChI is InChI=1S/C30H24N2O8S/c1-19(33)40-24-10-8-23(9-11-24)32-29(34)16-26(30(32)35)31(17-20-6-13-27-28(14-20)39-18-38-27)41(36,37)25-12-7-21-4-2-3-5-22(21)15-25/h2-15,26H,16-18H2,1H3. The maximum absolute atomic E-state index is 14.2. The van der Waals surface area contributed by atoms with E-state index in [-0.39, 0.29) is 36.1 Å². The smallest absolute Gasteiger partial charge is 0.308 e.